The van der Waals surface area contributed by atoms with E-state index in [1.165, 1.54) is 0 Å². The molecule has 0 aliphatic heterocycles. The lowest BCUT2D eigenvalue weighted by molar-refractivity contribution is 0.0873. The van der Waals surface area contributed by atoms with Crippen molar-refractivity contribution in [2.24, 2.45) is 0 Å². The van der Waals surface area contributed by atoms with E-state index in [2.05, 4.69) is 25.8 Å². The van der Waals surface area contributed by atoms with Crippen LogP contribution in [0.25, 0.3) is 0 Å². The van der Waals surface area contributed by atoms with E-state index < -0.39 is 0 Å². The monoisotopic (exact) mass is 131 g/mol. The Labute approximate surface area is 57.8 Å². The summed E-state index contributed by atoms with van der Waals surface area (Å²) in [6.07, 6.45) is 0.356. The van der Waals surface area contributed by atoms with Crippen LogP contribution in [0.4, 0.5) is 0 Å². The quantitative estimate of drug-likeness (QED) is 0.563. The lowest BCUT2D eigenvalue weighted by Gasteiger charge is -2.17. The Kier molecular flexibility index (Phi) is 4.72. The van der Waals surface area contributed by atoms with Gasteiger partial charge in [0.25, 0.3) is 0 Å². The first-order chi connectivity index (χ1) is 4.20. The van der Waals surface area contributed by atoms with Gasteiger partial charge in [-0.25, -0.2) is 0 Å². The summed E-state index contributed by atoms with van der Waals surface area (Å²) in [5.41, 5.74) is 0. The van der Waals surface area contributed by atoms with Crippen LogP contribution in [0, 0.1) is 0 Å². The molecule has 9 heavy (non-hydrogen) atoms. The number of ether oxygens (including phenoxy) is 1. The molecule has 0 aliphatic carbocycles. The predicted molar refractivity (Wildman–Crippen MR) is 39.6 cm³/mol. The number of nitrogens with zero attached hydrogens (tertiary/aromatic N) is 1. The molecule has 0 radical (unpaired) electrons. The molecule has 0 aromatic rings. The average Bonchev–Trinajstić information content (AvgIpc) is 1.87. The van der Waals surface area contributed by atoms with Crippen molar-refractivity contribution in [1.82, 2.24) is 4.90 Å². The Morgan fingerprint density at radius 3 is 2.44 bits per heavy atom. The van der Waals surface area contributed by atoms with Crippen molar-refractivity contribution < 1.29 is 4.74 Å². The molecule has 0 heterocycles. The van der Waals surface area contributed by atoms with Gasteiger partial charge in [-0.3, -0.25) is 0 Å². The van der Waals surface area contributed by atoms with Gasteiger partial charge in [-0.2, -0.15) is 0 Å². The second-order valence-corrected chi connectivity index (χ2v) is 2.40. The first-order valence-electron chi connectivity index (χ1n) is 3.42. The zero-order valence-electron chi connectivity index (χ0n) is 6.85. The van der Waals surface area contributed by atoms with Crippen LogP contribution in [0.3, 0.4) is 0 Å². The zero-order chi connectivity index (χ0) is 7.28. The van der Waals surface area contributed by atoms with Gasteiger partial charge in [-0.15, -0.1) is 0 Å². The van der Waals surface area contributed by atoms with Crippen molar-refractivity contribution in [2.75, 3.05) is 27.2 Å². The molecule has 0 rings (SSSR count). The van der Waals surface area contributed by atoms with Crippen molar-refractivity contribution >= 4 is 0 Å². The molecule has 0 N–H and O–H groups in total. The second kappa shape index (κ2) is 4.77. The minimum Gasteiger partial charge on any atom is -0.380 e. The Balaban J connectivity index is 3.22. The maximum atomic E-state index is 5.08. The van der Waals surface area contributed by atoms with Crippen LogP contribution >= 0.6 is 0 Å². The third-order valence-corrected chi connectivity index (χ3v) is 1.51. The third-order valence-electron chi connectivity index (χ3n) is 1.51. The summed E-state index contributed by atoms with van der Waals surface area (Å²) in [7, 11) is 3.84. The highest BCUT2D eigenvalue weighted by molar-refractivity contribution is 4.54. The van der Waals surface area contributed by atoms with Crippen LogP contribution < -0.4 is 0 Å². The number of rotatable bonds is 4. The summed E-state index contributed by atoms with van der Waals surface area (Å²) < 4.78 is 5.08. The predicted octanol–water partition coefficient (Wildman–Crippen LogP) is 0.973. The maximum absolute atomic E-state index is 5.08. The van der Waals surface area contributed by atoms with Crippen molar-refractivity contribution in [3.8, 4) is 0 Å². The van der Waals surface area contributed by atoms with Gasteiger partial charge in [0.2, 0.25) is 0 Å². The second-order valence-electron chi connectivity index (χ2n) is 2.40. The molecule has 0 amide bonds. The number of hydrogen-bond donors (Lipinski definition) is 0. The minimum atomic E-state index is 0.356. The highest BCUT2D eigenvalue weighted by Gasteiger charge is 2.00. The van der Waals surface area contributed by atoms with Gasteiger partial charge in [-0.05, 0) is 20.5 Å². The molecular formula is C7H17NO. The molecular weight excluding hydrogens is 114 g/mol. The molecule has 1 atom stereocenters. The standard InChI is InChI=1S/C7H17NO/c1-5-8(3)6-7(2)9-4/h7H,5-6H2,1-4H3/t7-/m0/s1. The first kappa shape index (κ1) is 8.92. The Hall–Kier alpha value is -0.0800. The SMILES string of the molecule is CCN(C)C[C@H](C)OC. The lowest BCUT2D eigenvalue weighted by atomic mass is 10.4. The van der Waals surface area contributed by atoms with E-state index in [1.807, 2.05) is 0 Å². The van der Waals surface area contributed by atoms with E-state index in [9.17, 15) is 0 Å². The van der Waals surface area contributed by atoms with Gasteiger partial charge >= 0.3 is 0 Å². The maximum Gasteiger partial charge on any atom is 0.0669 e. The van der Waals surface area contributed by atoms with E-state index in [0.29, 0.717) is 6.10 Å². The molecule has 0 aliphatic rings. The molecule has 0 bridgehead atoms. The van der Waals surface area contributed by atoms with Crippen LogP contribution in [-0.4, -0.2) is 38.3 Å². The molecule has 56 valence electrons. The van der Waals surface area contributed by atoms with Gasteiger partial charge < -0.3 is 9.64 Å². The van der Waals surface area contributed by atoms with Crippen LogP contribution in [0.1, 0.15) is 13.8 Å². The normalized spacial score (nSPS) is 14.3. The summed E-state index contributed by atoms with van der Waals surface area (Å²) in [6, 6.07) is 0. The number of hydrogen-bond acceptors (Lipinski definition) is 2. The Morgan fingerprint density at radius 1 is 1.56 bits per heavy atom. The van der Waals surface area contributed by atoms with Crippen LogP contribution in [0.15, 0.2) is 0 Å². The van der Waals surface area contributed by atoms with Crippen LogP contribution in [0.2, 0.25) is 0 Å². The van der Waals surface area contributed by atoms with Crippen molar-refractivity contribution in [3.05, 3.63) is 0 Å². The summed E-state index contributed by atoms with van der Waals surface area (Å²) in [4.78, 5) is 2.23. The summed E-state index contributed by atoms with van der Waals surface area (Å²) in [5, 5.41) is 0. The molecule has 2 nitrogen and oxygen atoms in total. The largest absolute Gasteiger partial charge is 0.380 e. The van der Waals surface area contributed by atoms with E-state index in [-0.39, 0.29) is 0 Å². The topological polar surface area (TPSA) is 12.5 Å². The van der Waals surface area contributed by atoms with Gasteiger partial charge in [0, 0.05) is 13.7 Å². The Bertz CT molecular complexity index is 57.9. The molecule has 0 spiro atoms. The summed E-state index contributed by atoms with van der Waals surface area (Å²) in [5.74, 6) is 0. The van der Waals surface area contributed by atoms with E-state index in [1.54, 1.807) is 7.11 Å². The highest BCUT2D eigenvalue weighted by Crippen LogP contribution is 1.90. The fraction of sp³-hybridized carbons (Fsp3) is 1.00. The van der Waals surface area contributed by atoms with Crippen molar-refractivity contribution in [2.45, 2.75) is 20.0 Å². The molecule has 0 unspecified atom stereocenters. The van der Waals surface area contributed by atoms with Crippen LogP contribution in [-0.2, 0) is 4.74 Å². The lowest BCUT2D eigenvalue weighted by Crippen LogP contribution is -2.28. The molecule has 0 aromatic heterocycles. The molecule has 0 fully saturated rings. The summed E-state index contributed by atoms with van der Waals surface area (Å²) >= 11 is 0. The van der Waals surface area contributed by atoms with E-state index in [0.717, 1.165) is 13.1 Å². The fourth-order valence-electron chi connectivity index (χ4n) is 0.643. The smallest absolute Gasteiger partial charge is 0.0669 e. The molecule has 0 saturated heterocycles. The third kappa shape index (κ3) is 4.43. The van der Waals surface area contributed by atoms with Gasteiger partial charge in [-0.1, -0.05) is 6.92 Å². The van der Waals surface area contributed by atoms with Gasteiger partial charge in [0.15, 0.2) is 0 Å². The highest BCUT2D eigenvalue weighted by atomic mass is 16.5. The first-order valence-corrected chi connectivity index (χ1v) is 3.42. The van der Waals surface area contributed by atoms with Gasteiger partial charge in [0.1, 0.15) is 0 Å². The molecule has 0 aromatic carbocycles. The average molecular weight is 131 g/mol. The van der Waals surface area contributed by atoms with Crippen LogP contribution in [0.5, 0.6) is 0 Å². The zero-order valence-corrected chi connectivity index (χ0v) is 6.85. The molecule has 0 saturated carbocycles. The van der Waals surface area contributed by atoms with Gasteiger partial charge in [0.05, 0.1) is 6.10 Å². The molecule has 2 heteroatoms. The number of methoxy groups -OCH3 is 1. The van der Waals surface area contributed by atoms with E-state index >= 15 is 0 Å². The number of likely N-dealkylation sites (N-methyl/N-ethyl adjacent to an activating group) is 1. The fourth-order valence-corrected chi connectivity index (χ4v) is 0.643. The Morgan fingerprint density at radius 2 is 2.11 bits per heavy atom. The van der Waals surface area contributed by atoms with Crippen molar-refractivity contribution in [1.29, 1.82) is 0 Å². The summed E-state index contributed by atoms with van der Waals surface area (Å²) in [6.45, 7) is 6.33. The van der Waals surface area contributed by atoms with Crippen molar-refractivity contribution in [3.63, 3.8) is 0 Å². The minimum absolute atomic E-state index is 0.356. The van der Waals surface area contributed by atoms with E-state index in [4.69, 9.17) is 4.74 Å².